The van der Waals surface area contributed by atoms with Crippen molar-refractivity contribution in [3.8, 4) is 5.75 Å². The highest BCUT2D eigenvalue weighted by atomic mass is 35.5. The summed E-state index contributed by atoms with van der Waals surface area (Å²) in [5.74, 6) is 0.974. The maximum absolute atomic E-state index is 6.02. The third-order valence-electron chi connectivity index (χ3n) is 3.84. The number of hydrogen-bond acceptors (Lipinski definition) is 2. The van der Waals surface area contributed by atoms with Crippen LogP contribution in [-0.2, 0) is 12.8 Å². The minimum atomic E-state index is 0.205. The predicted molar refractivity (Wildman–Crippen MR) is 87.2 cm³/mol. The van der Waals surface area contributed by atoms with Gasteiger partial charge in [-0.2, -0.15) is 0 Å². The average molecular weight is 302 g/mol. The Kier molecular flexibility index (Phi) is 4.47. The van der Waals surface area contributed by atoms with Gasteiger partial charge < -0.3 is 10.1 Å². The molecule has 1 heterocycles. The van der Waals surface area contributed by atoms with E-state index in [2.05, 4.69) is 42.6 Å². The van der Waals surface area contributed by atoms with Gasteiger partial charge in [0.15, 0.2) is 0 Å². The van der Waals surface area contributed by atoms with Crippen LogP contribution < -0.4 is 10.1 Å². The molecule has 3 heteroatoms. The molecule has 2 nitrogen and oxygen atoms in total. The van der Waals surface area contributed by atoms with Gasteiger partial charge in [0, 0.05) is 24.0 Å². The van der Waals surface area contributed by atoms with Crippen LogP contribution >= 0.6 is 11.6 Å². The number of halogens is 1. The molecule has 0 amide bonds. The first kappa shape index (κ1) is 14.4. The Bertz CT molecular complexity index is 599. The first-order valence-electron chi connectivity index (χ1n) is 7.43. The van der Waals surface area contributed by atoms with E-state index < -0.39 is 0 Å². The van der Waals surface area contributed by atoms with Gasteiger partial charge in [0.05, 0.1) is 0 Å². The van der Waals surface area contributed by atoms with Crippen LogP contribution in [0.3, 0.4) is 0 Å². The Morgan fingerprint density at radius 2 is 2.05 bits per heavy atom. The highest BCUT2D eigenvalue weighted by Crippen LogP contribution is 2.30. The van der Waals surface area contributed by atoms with Crippen molar-refractivity contribution in [2.45, 2.75) is 31.9 Å². The lowest BCUT2D eigenvalue weighted by atomic mass is 10.1. The maximum Gasteiger partial charge on any atom is 0.123 e. The van der Waals surface area contributed by atoms with Gasteiger partial charge in [0.25, 0.3) is 0 Å². The summed E-state index contributed by atoms with van der Waals surface area (Å²) in [4.78, 5) is 0. The van der Waals surface area contributed by atoms with E-state index in [0.29, 0.717) is 6.04 Å². The molecule has 1 aliphatic rings. The fourth-order valence-corrected chi connectivity index (χ4v) is 2.97. The summed E-state index contributed by atoms with van der Waals surface area (Å²) in [6.45, 7) is 3.08. The van der Waals surface area contributed by atoms with Crippen LogP contribution in [0.1, 0.15) is 18.1 Å². The molecule has 0 saturated heterocycles. The maximum atomic E-state index is 6.02. The summed E-state index contributed by atoms with van der Waals surface area (Å²) in [5.41, 5.74) is 2.57. The van der Waals surface area contributed by atoms with Crippen LogP contribution in [0.2, 0.25) is 5.02 Å². The quantitative estimate of drug-likeness (QED) is 0.905. The molecule has 0 bridgehead atoms. The molecule has 0 radical (unpaired) electrons. The van der Waals surface area contributed by atoms with Crippen LogP contribution in [0.4, 0.5) is 0 Å². The largest absolute Gasteiger partial charge is 0.488 e. The Balaban J connectivity index is 1.48. The SMILES string of the molecule is CC(Cc1ccccc1)NCC1Cc2cc(Cl)ccc2O1. The molecule has 2 aromatic rings. The first-order valence-corrected chi connectivity index (χ1v) is 7.81. The smallest absolute Gasteiger partial charge is 0.123 e. The molecular weight excluding hydrogens is 282 g/mol. The molecule has 2 aromatic carbocycles. The lowest BCUT2D eigenvalue weighted by Gasteiger charge is -2.17. The van der Waals surface area contributed by atoms with E-state index in [4.69, 9.17) is 16.3 Å². The number of ether oxygens (including phenoxy) is 1. The number of fused-ring (bicyclic) bond motifs is 1. The van der Waals surface area contributed by atoms with E-state index in [1.165, 1.54) is 11.1 Å². The minimum absolute atomic E-state index is 0.205. The third kappa shape index (κ3) is 3.78. The summed E-state index contributed by atoms with van der Waals surface area (Å²) in [7, 11) is 0. The zero-order chi connectivity index (χ0) is 14.7. The molecule has 2 atom stereocenters. The Hall–Kier alpha value is -1.51. The molecule has 21 heavy (non-hydrogen) atoms. The van der Waals surface area contributed by atoms with Gasteiger partial charge in [-0.1, -0.05) is 41.9 Å². The van der Waals surface area contributed by atoms with Gasteiger partial charge in [-0.05, 0) is 42.7 Å². The van der Waals surface area contributed by atoms with Crippen LogP contribution in [0.15, 0.2) is 48.5 Å². The average Bonchev–Trinajstić information content (AvgIpc) is 2.88. The van der Waals surface area contributed by atoms with Crippen molar-refractivity contribution in [3.05, 3.63) is 64.7 Å². The first-order chi connectivity index (χ1) is 10.2. The summed E-state index contributed by atoms with van der Waals surface area (Å²) in [6, 6.07) is 16.8. The summed E-state index contributed by atoms with van der Waals surface area (Å²) < 4.78 is 5.94. The van der Waals surface area contributed by atoms with Crippen molar-refractivity contribution in [1.29, 1.82) is 0 Å². The van der Waals surface area contributed by atoms with Crippen molar-refractivity contribution >= 4 is 11.6 Å². The van der Waals surface area contributed by atoms with Gasteiger partial charge in [-0.3, -0.25) is 0 Å². The van der Waals surface area contributed by atoms with E-state index in [1.54, 1.807) is 0 Å². The van der Waals surface area contributed by atoms with Crippen molar-refractivity contribution in [2.75, 3.05) is 6.54 Å². The molecule has 1 aliphatic heterocycles. The van der Waals surface area contributed by atoms with Crippen LogP contribution in [0, 0.1) is 0 Å². The van der Waals surface area contributed by atoms with Crippen molar-refractivity contribution in [1.82, 2.24) is 5.32 Å². The highest BCUT2D eigenvalue weighted by molar-refractivity contribution is 6.30. The molecule has 0 fully saturated rings. The fourth-order valence-electron chi connectivity index (χ4n) is 2.78. The summed E-state index contributed by atoms with van der Waals surface area (Å²) >= 11 is 6.02. The zero-order valence-electron chi connectivity index (χ0n) is 12.2. The van der Waals surface area contributed by atoms with Crippen molar-refractivity contribution in [2.24, 2.45) is 0 Å². The zero-order valence-corrected chi connectivity index (χ0v) is 12.9. The van der Waals surface area contributed by atoms with Crippen LogP contribution in [0.25, 0.3) is 0 Å². The van der Waals surface area contributed by atoms with Crippen LogP contribution in [-0.4, -0.2) is 18.7 Å². The normalized spacial score (nSPS) is 18.1. The van der Waals surface area contributed by atoms with Crippen molar-refractivity contribution in [3.63, 3.8) is 0 Å². The number of hydrogen-bond donors (Lipinski definition) is 1. The molecule has 1 N–H and O–H groups in total. The second-order valence-electron chi connectivity index (χ2n) is 5.70. The molecule has 0 aromatic heterocycles. The van der Waals surface area contributed by atoms with E-state index >= 15 is 0 Å². The molecule has 0 aliphatic carbocycles. The fraction of sp³-hybridized carbons (Fsp3) is 0.333. The Labute approximate surface area is 131 Å². The Morgan fingerprint density at radius 3 is 2.86 bits per heavy atom. The van der Waals surface area contributed by atoms with Gasteiger partial charge in [0.2, 0.25) is 0 Å². The monoisotopic (exact) mass is 301 g/mol. The van der Waals surface area contributed by atoms with Gasteiger partial charge in [-0.15, -0.1) is 0 Å². The topological polar surface area (TPSA) is 21.3 Å². The molecule has 2 unspecified atom stereocenters. The predicted octanol–water partition coefficient (Wildman–Crippen LogP) is 3.86. The minimum Gasteiger partial charge on any atom is -0.488 e. The van der Waals surface area contributed by atoms with E-state index in [9.17, 15) is 0 Å². The third-order valence-corrected chi connectivity index (χ3v) is 4.08. The number of nitrogens with one attached hydrogen (secondary N) is 1. The van der Waals surface area contributed by atoms with E-state index in [-0.39, 0.29) is 6.10 Å². The molecular formula is C18H20ClNO. The second kappa shape index (κ2) is 6.50. The lowest BCUT2D eigenvalue weighted by molar-refractivity contribution is 0.222. The molecule has 0 saturated carbocycles. The Morgan fingerprint density at radius 1 is 1.24 bits per heavy atom. The van der Waals surface area contributed by atoms with Crippen molar-refractivity contribution < 1.29 is 4.74 Å². The standard InChI is InChI=1S/C18H20ClNO/c1-13(9-14-5-3-2-4-6-14)20-12-17-11-15-10-16(19)7-8-18(15)21-17/h2-8,10,13,17,20H,9,11-12H2,1H3. The van der Waals surface area contributed by atoms with Gasteiger partial charge in [0.1, 0.15) is 11.9 Å². The molecule has 0 spiro atoms. The second-order valence-corrected chi connectivity index (χ2v) is 6.13. The lowest BCUT2D eigenvalue weighted by Crippen LogP contribution is -2.36. The summed E-state index contributed by atoms with van der Waals surface area (Å²) in [5, 5.41) is 4.35. The number of benzene rings is 2. The molecule has 3 rings (SSSR count). The van der Waals surface area contributed by atoms with Gasteiger partial charge >= 0.3 is 0 Å². The van der Waals surface area contributed by atoms with E-state index in [0.717, 1.165) is 30.2 Å². The van der Waals surface area contributed by atoms with Crippen LogP contribution in [0.5, 0.6) is 5.75 Å². The number of rotatable bonds is 5. The summed E-state index contributed by atoms with van der Waals surface area (Å²) in [6.07, 6.45) is 2.17. The van der Waals surface area contributed by atoms with Gasteiger partial charge in [-0.25, -0.2) is 0 Å². The molecule has 110 valence electrons. The highest BCUT2D eigenvalue weighted by Gasteiger charge is 2.23. The van der Waals surface area contributed by atoms with E-state index in [1.807, 2.05) is 18.2 Å².